The number of benzene rings is 3. The Bertz CT molecular complexity index is 874. The van der Waals surface area contributed by atoms with Crippen LogP contribution in [-0.4, -0.2) is 30.6 Å². The fourth-order valence-electron chi connectivity index (χ4n) is 4.08. The van der Waals surface area contributed by atoms with Crippen LogP contribution in [0.3, 0.4) is 0 Å². The molecule has 1 aliphatic rings. The Labute approximate surface area is 190 Å². The zero-order chi connectivity index (χ0) is 21.5. The predicted molar refractivity (Wildman–Crippen MR) is 130 cm³/mol. The first-order valence-corrected chi connectivity index (χ1v) is 12.0. The van der Waals surface area contributed by atoms with Crippen molar-refractivity contribution < 1.29 is 4.39 Å². The predicted octanol–water partition coefficient (Wildman–Crippen LogP) is 6.17. The molecule has 1 unspecified atom stereocenters. The summed E-state index contributed by atoms with van der Waals surface area (Å²) in [6.45, 7) is 5.51. The van der Waals surface area contributed by atoms with Gasteiger partial charge in [-0.1, -0.05) is 84.2 Å². The lowest BCUT2D eigenvalue weighted by molar-refractivity contribution is 0.211. The molecule has 0 radical (unpaired) electrons. The van der Waals surface area contributed by atoms with Crippen molar-refractivity contribution in [3.05, 3.63) is 107 Å². The average molecular weight is 435 g/mol. The molecule has 3 aromatic rings. The van der Waals surface area contributed by atoms with Crippen LogP contribution in [0.15, 0.2) is 78.9 Å². The molecule has 1 aliphatic heterocycles. The van der Waals surface area contributed by atoms with E-state index in [1.807, 2.05) is 12.1 Å². The van der Waals surface area contributed by atoms with E-state index in [0.29, 0.717) is 6.04 Å². The average Bonchev–Trinajstić information content (AvgIpc) is 2.81. The number of halogens is 1. The lowest BCUT2D eigenvalue weighted by atomic mass is 10.0. The first kappa shape index (κ1) is 22.1. The summed E-state index contributed by atoms with van der Waals surface area (Å²) in [5, 5.41) is 0.150. The Hall–Kier alpha value is -2.14. The summed E-state index contributed by atoms with van der Waals surface area (Å²) in [5.41, 5.74) is 5.04. The highest BCUT2D eigenvalue weighted by Crippen LogP contribution is 2.35. The molecule has 31 heavy (non-hydrogen) atoms. The quantitative estimate of drug-likeness (QED) is 0.427. The molecular formula is C27H31FN2S. The fourth-order valence-corrected chi connectivity index (χ4v) is 5.23. The zero-order valence-corrected chi connectivity index (χ0v) is 19.0. The van der Waals surface area contributed by atoms with Crippen LogP contribution < -0.4 is 4.72 Å². The van der Waals surface area contributed by atoms with E-state index in [2.05, 4.69) is 71.1 Å². The van der Waals surface area contributed by atoms with Gasteiger partial charge in [-0.25, -0.2) is 4.39 Å². The van der Waals surface area contributed by atoms with Gasteiger partial charge in [0.25, 0.3) is 0 Å². The zero-order valence-electron chi connectivity index (χ0n) is 18.1. The van der Waals surface area contributed by atoms with Crippen LogP contribution >= 0.6 is 11.9 Å². The van der Waals surface area contributed by atoms with Crippen molar-refractivity contribution in [3.63, 3.8) is 0 Å². The third-order valence-corrected chi connectivity index (χ3v) is 7.30. The summed E-state index contributed by atoms with van der Waals surface area (Å²) in [7, 11) is 0. The first-order valence-electron chi connectivity index (χ1n) is 11.2. The molecule has 1 N–H and O–H groups in total. The van der Waals surface area contributed by atoms with E-state index in [1.54, 1.807) is 24.1 Å². The monoisotopic (exact) mass is 434 g/mol. The molecule has 1 heterocycles. The van der Waals surface area contributed by atoms with Crippen LogP contribution in [-0.2, 0) is 6.42 Å². The summed E-state index contributed by atoms with van der Waals surface area (Å²) in [6, 6.07) is 26.8. The summed E-state index contributed by atoms with van der Waals surface area (Å²) >= 11 is 1.77. The molecule has 0 aromatic heterocycles. The van der Waals surface area contributed by atoms with Crippen LogP contribution in [0, 0.1) is 12.7 Å². The highest BCUT2D eigenvalue weighted by molar-refractivity contribution is 7.97. The number of hydrogen-bond acceptors (Lipinski definition) is 3. The lowest BCUT2D eigenvalue weighted by Gasteiger charge is -2.33. The molecule has 0 aliphatic carbocycles. The van der Waals surface area contributed by atoms with Crippen molar-refractivity contribution in [2.45, 2.75) is 37.5 Å². The second-order valence-electron chi connectivity index (χ2n) is 8.43. The van der Waals surface area contributed by atoms with E-state index in [0.717, 1.165) is 44.5 Å². The second-order valence-corrected chi connectivity index (χ2v) is 9.37. The molecule has 1 atom stereocenters. The fraction of sp³-hybridized carbons (Fsp3) is 0.333. The van der Waals surface area contributed by atoms with Crippen molar-refractivity contribution in [3.8, 4) is 0 Å². The van der Waals surface area contributed by atoms with Gasteiger partial charge in [-0.05, 0) is 68.1 Å². The van der Waals surface area contributed by atoms with Crippen LogP contribution in [0.25, 0.3) is 0 Å². The normalized spacial score (nSPS) is 16.3. The van der Waals surface area contributed by atoms with E-state index in [4.69, 9.17) is 0 Å². The number of hydrogen-bond donors (Lipinski definition) is 1. The number of nitrogens with zero attached hydrogens (tertiary/aromatic N) is 1. The minimum atomic E-state index is -0.188. The third kappa shape index (κ3) is 6.42. The Morgan fingerprint density at radius 1 is 0.903 bits per heavy atom. The Balaban J connectivity index is 1.31. The Morgan fingerprint density at radius 3 is 2.16 bits per heavy atom. The first-order chi connectivity index (χ1) is 15.2. The second kappa shape index (κ2) is 10.9. The van der Waals surface area contributed by atoms with Gasteiger partial charge in [-0.2, -0.15) is 0 Å². The van der Waals surface area contributed by atoms with Gasteiger partial charge in [0, 0.05) is 12.6 Å². The molecule has 4 heteroatoms. The minimum Gasteiger partial charge on any atom is -0.303 e. The smallest absolute Gasteiger partial charge is 0.123 e. The Morgan fingerprint density at radius 2 is 1.52 bits per heavy atom. The molecule has 162 valence electrons. The molecule has 1 saturated heterocycles. The van der Waals surface area contributed by atoms with Crippen LogP contribution in [0.2, 0.25) is 0 Å². The highest BCUT2D eigenvalue weighted by Gasteiger charge is 2.22. The van der Waals surface area contributed by atoms with Gasteiger partial charge < -0.3 is 4.90 Å². The standard InChI is InChI=1S/C27H31FN2S/c1-21-7-9-23(10-8-21)27(24-11-13-25(28)14-12-24)31-29-26-16-19-30(20-17-26)18-15-22-5-3-2-4-6-22/h2-14,26-27,29H,15-20H2,1H3. The summed E-state index contributed by atoms with van der Waals surface area (Å²) in [6.07, 6.45) is 3.44. The van der Waals surface area contributed by atoms with Crippen LogP contribution in [0.5, 0.6) is 0 Å². The molecule has 3 aromatic carbocycles. The number of likely N-dealkylation sites (tertiary alicyclic amines) is 1. The number of aryl methyl sites for hydroxylation is 1. The molecule has 0 bridgehead atoms. The molecule has 1 fully saturated rings. The maximum Gasteiger partial charge on any atom is 0.123 e. The van der Waals surface area contributed by atoms with Crippen molar-refractivity contribution in [2.75, 3.05) is 19.6 Å². The van der Waals surface area contributed by atoms with Crippen molar-refractivity contribution >= 4 is 11.9 Å². The maximum absolute atomic E-state index is 13.5. The van der Waals surface area contributed by atoms with E-state index >= 15 is 0 Å². The van der Waals surface area contributed by atoms with Gasteiger partial charge in [0.1, 0.15) is 5.82 Å². The SMILES string of the molecule is Cc1ccc(C(SNC2CCN(CCc3ccccc3)CC2)c2ccc(F)cc2)cc1. The molecule has 0 saturated carbocycles. The van der Waals surface area contributed by atoms with Gasteiger partial charge in [-0.3, -0.25) is 4.72 Å². The van der Waals surface area contributed by atoms with E-state index < -0.39 is 0 Å². The van der Waals surface area contributed by atoms with Crippen LogP contribution in [0.4, 0.5) is 4.39 Å². The third-order valence-electron chi connectivity index (χ3n) is 6.05. The number of nitrogens with one attached hydrogen (secondary N) is 1. The number of piperidine rings is 1. The Kier molecular flexibility index (Phi) is 7.79. The minimum absolute atomic E-state index is 0.150. The molecule has 4 rings (SSSR count). The van der Waals surface area contributed by atoms with Crippen molar-refractivity contribution in [2.24, 2.45) is 0 Å². The van der Waals surface area contributed by atoms with Gasteiger partial charge in [0.15, 0.2) is 0 Å². The van der Waals surface area contributed by atoms with Crippen molar-refractivity contribution in [1.29, 1.82) is 0 Å². The van der Waals surface area contributed by atoms with Gasteiger partial charge >= 0.3 is 0 Å². The molecule has 2 nitrogen and oxygen atoms in total. The van der Waals surface area contributed by atoms with E-state index in [-0.39, 0.29) is 11.1 Å². The molecule has 0 spiro atoms. The summed E-state index contributed by atoms with van der Waals surface area (Å²) in [4.78, 5) is 2.58. The van der Waals surface area contributed by atoms with Crippen LogP contribution in [0.1, 0.15) is 40.3 Å². The molecule has 0 amide bonds. The maximum atomic E-state index is 13.5. The lowest BCUT2D eigenvalue weighted by Crippen LogP contribution is -2.41. The van der Waals surface area contributed by atoms with Crippen molar-refractivity contribution in [1.82, 2.24) is 9.62 Å². The topological polar surface area (TPSA) is 15.3 Å². The van der Waals surface area contributed by atoms with Gasteiger partial charge in [0.2, 0.25) is 0 Å². The largest absolute Gasteiger partial charge is 0.303 e. The summed E-state index contributed by atoms with van der Waals surface area (Å²) < 4.78 is 17.2. The molecular weight excluding hydrogens is 403 g/mol. The van der Waals surface area contributed by atoms with E-state index in [9.17, 15) is 4.39 Å². The summed E-state index contributed by atoms with van der Waals surface area (Å²) in [5.74, 6) is -0.188. The van der Waals surface area contributed by atoms with Gasteiger partial charge in [-0.15, -0.1) is 0 Å². The van der Waals surface area contributed by atoms with Gasteiger partial charge in [0.05, 0.1) is 5.25 Å². The number of rotatable bonds is 8. The highest BCUT2D eigenvalue weighted by atomic mass is 32.2. The van der Waals surface area contributed by atoms with E-state index in [1.165, 1.54) is 16.7 Å².